The third-order valence-corrected chi connectivity index (χ3v) is 5.35. The number of nitrogens with one attached hydrogen (secondary N) is 2. The first-order chi connectivity index (χ1) is 14.1. The molecule has 0 unspecified atom stereocenters. The van der Waals surface area contributed by atoms with E-state index in [1.807, 2.05) is 42.5 Å². The molecule has 2 aromatic carbocycles. The van der Waals surface area contributed by atoms with Gasteiger partial charge in [0.2, 0.25) is 0 Å². The summed E-state index contributed by atoms with van der Waals surface area (Å²) in [6, 6.07) is 18.4. The number of benzene rings is 2. The van der Waals surface area contributed by atoms with E-state index in [0.717, 1.165) is 30.9 Å². The maximum absolute atomic E-state index is 12.1. The molecule has 0 aromatic heterocycles. The zero-order valence-corrected chi connectivity index (χ0v) is 17.6. The number of nitrogens with zero attached hydrogens (tertiary/aromatic N) is 1. The number of rotatable bonds is 8. The zero-order chi connectivity index (χ0) is 20.5. The molecule has 0 spiro atoms. The van der Waals surface area contributed by atoms with Crippen molar-refractivity contribution in [2.45, 2.75) is 45.8 Å². The first kappa shape index (κ1) is 21.2. The van der Waals surface area contributed by atoms with Crippen molar-refractivity contribution >= 4 is 17.5 Å². The van der Waals surface area contributed by atoms with Crippen molar-refractivity contribution < 1.29 is 9.53 Å². The van der Waals surface area contributed by atoms with Crippen LogP contribution in [0.1, 0.15) is 38.7 Å². The summed E-state index contributed by atoms with van der Waals surface area (Å²) in [6.07, 6.45) is 3.08. The topological polar surface area (TPSA) is 53.6 Å². The lowest BCUT2D eigenvalue weighted by Gasteiger charge is -2.37. The minimum Gasteiger partial charge on any atom is -0.444 e. The van der Waals surface area contributed by atoms with Crippen LogP contribution >= 0.6 is 0 Å². The lowest BCUT2D eigenvalue weighted by atomic mass is 10.0. The summed E-state index contributed by atoms with van der Waals surface area (Å²) < 4.78 is 5.30. The minimum atomic E-state index is -0.434. The Bertz CT molecular complexity index is 740. The standard InChI is InChI=1S/C24H33N3O2/c1-19(2)14-17-27(23-12-15-25-16-13-23)22-10-8-21(9-11-22)26-24(28)29-18-20-6-4-3-5-7-20/h3-11,19,23,25H,12-18H2,1-2H3,(H,26,28). The molecule has 3 rings (SSSR count). The van der Waals surface area contributed by atoms with Crippen LogP contribution in [0.2, 0.25) is 0 Å². The van der Waals surface area contributed by atoms with Gasteiger partial charge >= 0.3 is 6.09 Å². The SMILES string of the molecule is CC(C)CCN(c1ccc(NC(=O)OCc2ccccc2)cc1)C1CCNCC1. The highest BCUT2D eigenvalue weighted by atomic mass is 16.5. The molecule has 1 aliphatic heterocycles. The van der Waals surface area contributed by atoms with Gasteiger partial charge in [-0.25, -0.2) is 4.79 Å². The highest BCUT2D eigenvalue weighted by Crippen LogP contribution is 2.25. The van der Waals surface area contributed by atoms with Gasteiger partial charge in [-0.1, -0.05) is 44.2 Å². The van der Waals surface area contributed by atoms with E-state index in [1.165, 1.54) is 24.9 Å². The van der Waals surface area contributed by atoms with Crippen molar-refractivity contribution in [3.63, 3.8) is 0 Å². The fourth-order valence-corrected chi connectivity index (χ4v) is 3.65. The van der Waals surface area contributed by atoms with E-state index in [2.05, 4.69) is 41.5 Å². The van der Waals surface area contributed by atoms with Gasteiger partial charge in [0.25, 0.3) is 0 Å². The lowest BCUT2D eigenvalue weighted by molar-refractivity contribution is 0.155. The quantitative estimate of drug-likeness (QED) is 0.657. The van der Waals surface area contributed by atoms with E-state index >= 15 is 0 Å². The summed E-state index contributed by atoms with van der Waals surface area (Å²) in [5.74, 6) is 0.680. The average molecular weight is 396 g/mol. The maximum Gasteiger partial charge on any atom is 0.411 e. The number of amides is 1. The van der Waals surface area contributed by atoms with E-state index in [9.17, 15) is 4.79 Å². The van der Waals surface area contributed by atoms with Gasteiger partial charge in [-0.3, -0.25) is 5.32 Å². The number of piperidine rings is 1. The number of carbonyl (C=O) groups excluding carboxylic acids is 1. The second kappa shape index (κ2) is 10.9. The smallest absolute Gasteiger partial charge is 0.411 e. The highest BCUT2D eigenvalue weighted by molar-refractivity contribution is 5.84. The van der Waals surface area contributed by atoms with Crippen molar-refractivity contribution in [3.05, 3.63) is 60.2 Å². The molecule has 0 aliphatic carbocycles. The highest BCUT2D eigenvalue weighted by Gasteiger charge is 2.21. The van der Waals surface area contributed by atoms with E-state index in [1.54, 1.807) is 0 Å². The Labute approximate surface area is 174 Å². The van der Waals surface area contributed by atoms with Crippen molar-refractivity contribution in [2.24, 2.45) is 5.92 Å². The third-order valence-electron chi connectivity index (χ3n) is 5.35. The van der Waals surface area contributed by atoms with Crippen LogP contribution in [0.5, 0.6) is 0 Å². The number of hydrogen-bond acceptors (Lipinski definition) is 4. The number of carbonyl (C=O) groups is 1. The van der Waals surface area contributed by atoms with Gasteiger partial charge in [0.1, 0.15) is 6.61 Å². The van der Waals surface area contributed by atoms with Crippen molar-refractivity contribution in [1.29, 1.82) is 0 Å². The van der Waals surface area contributed by atoms with Crippen molar-refractivity contribution in [2.75, 3.05) is 29.9 Å². The molecule has 0 atom stereocenters. The van der Waals surface area contributed by atoms with E-state index in [0.29, 0.717) is 12.0 Å². The van der Waals surface area contributed by atoms with Gasteiger partial charge in [-0.2, -0.15) is 0 Å². The van der Waals surface area contributed by atoms with Crippen LogP contribution in [0.25, 0.3) is 0 Å². The van der Waals surface area contributed by atoms with E-state index in [-0.39, 0.29) is 6.61 Å². The Morgan fingerprint density at radius 3 is 2.45 bits per heavy atom. The van der Waals surface area contributed by atoms with Gasteiger partial charge in [-0.15, -0.1) is 0 Å². The summed E-state index contributed by atoms with van der Waals surface area (Å²) in [5, 5.41) is 6.27. The molecule has 2 N–H and O–H groups in total. The van der Waals surface area contributed by atoms with Gasteiger partial charge < -0.3 is 15.0 Å². The Balaban J connectivity index is 1.58. The number of hydrogen-bond donors (Lipinski definition) is 2. The molecule has 1 fully saturated rings. The van der Waals surface area contributed by atoms with Crippen LogP contribution in [0.3, 0.4) is 0 Å². The molecular weight excluding hydrogens is 362 g/mol. The normalized spacial score (nSPS) is 14.6. The third kappa shape index (κ3) is 6.79. The second-order valence-corrected chi connectivity index (χ2v) is 8.09. The molecule has 1 heterocycles. The summed E-state index contributed by atoms with van der Waals surface area (Å²) in [6.45, 7) is 8.03. The number of ether oxygens (including phenoxy) is 1. The van der Waals surface area contributed by atoms with Crippen molar-refractivity contribution in [3.8, 4) is 0 Å². The van der Waals surface area contributed by atoms with Crippen LogP contribution in [-0.2, 0) is 11.3 Å². The first-order valence-corrected chi connectivity index (χ1v) is 10.7. The Morgan fingerprint density at radius 2 is 1.79 bits per heavy atom. The Kier molecular flexibility index (Phi) is 7.94. The van der Waals surface area contributed by atoms with Crippen LogP contribution < -0.4 is 15.5 Å². The first-order valence-electron chi connectivity index (χ1n) is 10.7. The maximum atomic E-state index is 12.1. The molecule has 29 heavy (non-hydrogen) atoms. The second-order valence-electron chi connectivity index (χ2n) is 8.09. The molecule has 156 valence electrons. The van der Waals surface area contributed by atoms with Crippen molar-refractivity contribution in [1.82, 2.24) is 5.32 Å². The molecule has 1 aliphatic rings. The Morgan fingerprint density at radius 1 is 1.10 bits per heavy atom. The summed E-state index contributed by atoms with van der Waals surface area (Å²) in [7, 11) is 0. The Hall–Kier alpha value is -2.53. The number of anilines is 2. The molecule has 0 bridgehead atoms. The predicted molar refractivity (Wildman–Crippen MR) is 119 cm³/mol. The van der Waals surface area contributed by atoms with Gasteiger partial charge in [0, 0.05) is 24.0 Å². The molecule has 5 heteroatoms. The fourth-order valence-electron chi connectivity index (χ4n) is 3.65. The largest absolute Gasteiger partial charge is 0.444 e. The molecule has 1 saturated heterocycles. The molecule has 0 saturated carbocycles. The van der Waals surface area contributed by atoms with Crippen LogP contribution in [-0.4, -0.2) is 31.8 Å². The van der Waals surface area contributed by atoms with Crippen LogP contribution in [0.4, 0.5) is 16.2 Å². The average Bonchev–Trinajstić information content (AvgIpc) is 2.75. The lowest BCUT2D eigenvalue weighted by Crippen LogP contribution is -2.44. The molecule has 2 aromatic rings. The molecule has 5 nitrogen and oxygen atoms in total. The molecule has 1 amide bonds. The molecular formula is C24H33N3O2. The van der Waals surface area contributed by atoms with Crippen LogP contribution in [0.15, 0.2) is 54.6 Å². The molecule has 0 radical (unpaired) electrons. The summed E-state index contributed by atoms with van der Waals surface area (Å²) >= 11 is 0. The predicted octanol–water partition coefficient (Wildman–Crippen LogP) is 5.04. The fraction of sp³-hybridized carbons (Fsp3) is 0.458. The van der Waals surface area contributed by atoms with Crippen LogP contribution in [0, 0.1) is 5.92 Å². The summed E-state index contributed by atoms with van der Waals surface area (Å²) in [5.41, 5.74) is 2.95. The van der Waals surface area contributed by atoms with E-state index < -0.39 is 6.09 Å². The van der Waals surface area contributed by atoms with Gasteiger partial charge in [0.05, 0.1) is 0 Å². The monoisotopic (exact) mass is 395 g/mol. The van der Waals surface area contributed by atoms with E-state index in [4.69, 9.17) is 4.74 Å². The van der Waals surface area contributed by atoms with Gasteiger partial charge in [-0.05, 0) is 68.1 Å². The van der Waals surface area contributed by atoms with Gasteiger partial charge in [0.15, 0.2) is 0 Å². The minimum absolute atomic E-state index is 0.267. The summed E-state index contributed by atoms with van der Waals surface area (Å²) in [4.78, 5) is 14.6. The zero-order valence-electron chi connectivity index (χ0n) is 17.6.